The van der Waals surface area contributed by atoms with Gasteiger partial charge in [0.1, 0.15) is 0 Å². The Kier molecular flexibility index (Phi) is 6.16. The summed E-state index contributed by atoms with van der Waals surface area (Å²) >= 11 is 4.72. The third-order valence-corrected chi connectivity index (χ3v) is 6.42. The number of aromatic nitrogens is 1. The second-order valence-electron chi connectivity index (χ2n) is 7.28. The Labute approximate surface area is 197 Å². The molecule has 0 radical (unpaired) electrons. The van der Waals surface area contributed by atoms with Gasteiger partial charge in [-0.2, -0.15) is 0 Å². The van der Waals surface area contributed by atoms with Crippen molar-refractivity contribution in [3.8, 4) is 21.7 Å². The van der Waals surface area contributed by atoms with Crippen LogP contribution in [0.2, 0.25) is 0 Å². The van der Waals surface area contributed by atoms with E-state index in [9.17, 15) is 14.9 Å². The Morgan fingerprint density at radius 2 is 1.81 bits per heavy atom. The molecule has 1 aromatic heterocycles. The molecule has 0 bridgehead atoms. The minimum atomic E-state index is -0.425. The van der Waals surface area contributed by atoms with Crippen LogP contribution in [0.25, 0.3) is 21.7 Å². The molecule has 0 aliphatic carbocycles. The molecule has 1 amide bonds. The van der Waals surface area contributed by atoms with Gasteiger partial charge in [-0.25, -0.2) is 4.98 Å². The van der Waals surface area contributed by atoms with Crippen LogP contribution in [0.4, 0.5) is 10.8 Å². The van der Waals surface area contributed by atoms with E-state index in [2.05, 4.69) is 27.3 Å². The predicted molar refractivity (Wildman–Crippen MR) is 131 cm³/mol. The van der Waals surface area contributed by atoms with Crippen LogP contribution < -0.4 is 5.32 Å². The largest absolute Gasteiger partial charge is 0.298 e. The molecule has 4 rings (SSSR count). The summed E-state index contributed by atoms with van der Waals surface area (Å²) in [7, 11) is 0. The van der Waals surface area contributed by atoms with Gasteiger partial charge in [-0.05, 0) is 55.3 Å². The molecular formula is C24H18BrN3O3S. The van der Waals surface area contributed by atoms with Gasteiger partial charge in [-0.15, -0.1) is 0 Å². The first-order valence-corrected chi connectivity index (χ1v) is 11.3. The van der Waals surface area contributed by atoms with Crippen LogP contribution in [0.15, 0.2) is 71.2 Å². The number of halogens is 1. The first kappa shape index (κ1) is 21.9. The number of carbonyl (C=O) groups is 1. The van der Waals surface area contributed by atoms with Crippen LogP contribution in [0.3, 0.4) is 0 Å². The topological polar surface area (TPSA) is 85.1 Å². The fourth-order valence-corrected chi connectivity index (χ4v) is 4.74. The van der Waals surface area contributed by atoms with Crippen molar-refractivity contribution in [1.29, 1.82) is 0 Å². The molecule has 6 nitrogen and oxygen atoms in total. The van der Waals surface area contributed by atoms with Crippen molar-refractivity contribution in [3.05, 3.63) is 98.0 Å². The normalized spacial score (nSPS) is 10.7. The molecule has 1 heterocycles. The summed E-state index contributed by atoms with van der Waals surface area (Å²) in [5.41, 5.74) is 5.21. The van der Waals surface area contributed by atoms with Crippen molar-refractivity contribution < 1.29 is 9.72 Å². The van der Waals surface area contributed by atoms with Gasteiger partial charge in [0.15, 0.2) is 5.13 Å². The minimum Gasteiger partial charge on any atom is -0.298 e. The SMILES string of the molecule is Cc1ccc(-c2nc(NC(=O)c3cccc(Br)c3)sc2-c2ccc([N+](=O)[O-])cc2)c(C)c1. The second kappa shape index (κ2) is 9.02. The molecule has 0 aliphatic rings. The summed E-state index contributed by atoms with van der Waals surface area (Å²) in [4.78, 5) is 28.9. The number of amides is 1. The monoisotopic (exact) mass is 507 g/mol. The number of thiazole rings is 1. The number of nitro benzene ring substituents is 1. The van der Waals surface area contributed by atoms with E-state index in [4.69, 9.17) is 4.98 Å². The predicted octanol–water partition coefficient (Wildman–Crippen LogP) is 7.02. The molecule has 0 unspecified atom stereocenters. The van der Waals surface area contributed by atoms with E-state index in [0.717, 1.165) is 37.3 Å². The van der Waals surface area contributed by atoms with E-state index in [1.807, 2.05) is 32.0 Å². The fourth-order valence-electron chi connectivity index (χ4n) is 3.36. The van der Waals surface area contributed by atoms with Crippen LogP contribution in [-0.2, 0) is 0 Å². The van der Waals surface area contributed by atoms with Crippen molar-refractivity contribution in [2.24, 2.45) is 0 Å². The van der Waals surface area contributed by atoms with Crippen molar-refractivity contribution in [1.82, 2.24) is 4.98 Å². The zero-order valence-corrected chi connectivity index (χ0v) is 19.7. The Morgan fingerprint density at radius 1 is 1.06 bits per heavy atom. The number of benzene rings is 3. The summed E-state index contributed by atoms with van der Waals surface area (Å²) in [6, 6.07) is 19.6. The lowest BCUT2D eigenvalue weighted by Gasteiger charge is -2.07. The molecule has 0 saturated heterocycles. The van der Waals surface area contributed by atoms with Gasteiger partial charge in [-0.3, -0.25) is 20.2 Å². The highest BCUT2D eigenvalue weighted by molar-refractivity contribution is 9.10. The first-order chi connectivity index (χ1) is 15.3. The first-order valence-electron chi connectivity index (χ1n) is 9.72. The third kappa shape index (κ3) is 4.61. The van der Waals surface area contributed by atoms with E-state index in [0.29, 0.717) is 10.7 Å². The highest BCUT2D eigenvalue weighted by Gasteiger charge is 2.19. The van der Waals surface area contributed by atoms with E-state index in [-0.39, 0.29) is 11.6 Å². The molecule has 32 heavy (non-hydrogen) atoms. The van der Waals surface area contributed by atoms with E-state index in [1.54, 1.807) is 30.3 Å². The quantitative estimate of drug-likeness (QED) is 0.232. The molecule has 160 valence electrons. The average molecular weight is 508 g/mol. The summed E-state index contributed by atoms with van der Waals surface area (Å²) in [5.74, 6) is -0.262. The van der Waals surface area contributed by atoms with Crippen LogP contribution in [0.1, 0.15) is 21.5 Å². The summed E-state index contributed by atoms with van der Waals surface area (Å²) in [6.07, 6.45) is 0. The lowest BCUT2D eigenvalue weighted by molar-refractivity contribution is -0.384. The lowest BCUT2D eigenvalue weighted by Crippen LogP contribution is -2.11. The zero-order chi connectivity index (χ0) is 22.8. The molecule has 4 aromatic rings. The van der Waals surface area contributed by atoms with Crippen LogP contribution in [-0.4, -0.2) is 15.8 Å². The average Bonchev–Trinajstić information content (AvgIpc) is 3.17. The maximum atomic E-state index is 12.8. The van der Waals surface area contributed by atoms with Gasteiger partial charge < -0.3 is 0 Å². The Bertz CT molecular complexity index is 1330. The zero-order valence-electron chi connectivity index (χ0n) is 17.3. The number of hydrogen-bond acceptors (Lipinski definition) is 5. The second-order valence-corrected chi connectivity index (χ2v) is 9.20. The molecule has 3 aromatic carbocycles. The molecular weight excluding hydrogens is 490 g/mol. The number of hydrogen-bond donors (Lipinski definition) is 1. The maximum Gasteiger partial charge on any atom is 0.269 e. The number of aryl methyl sites for hydroxylation is 2. The molecule has 0 aliphatic heterocycles. The highest BCUT2D eigenvalue weighted by atomic mass is 79.9. The van der Waals surface area contributed by atoms with Gasteiger partial charge in [0.05, 0.1) is 15.5 Å². The summed E-state index contributed by atoms with van der Waals surface area (Å²) in [5, 5.41) is 14.4. The van der Waals surface area contributed by atoms with Gasteiger partial charge >= 0.3 is 0 Å². The summed E-state index contributed by atoms with van der Waals surface area (Å²) in [6.45, 7) is 4.04. The van der Waals surface area contributed by atoms with Gasteiger partial charge in [-0.1, -0.05) is 57.1 Å². The maximum absolute atomic E-state index is 12.8. The molecule has 0 fully saturated rings. The highest BCUT2D eigenvalue weighted by Crippen LogP contribution is 2.40. The lowest BCUT2D eigenvalue weighted by atomic mass is 10.0. The molecule has 1 N–H and O–H groups in total. The Morgan fingerprint density at radius 3 is 2.47 bits per heavy atom. The van der Waals surface area contributed by atoms with Crippen LogP contribution in [0.5, 0.6) is 0 Å². The van der Waals surface area contributed by atoms with Gasteiger partial charge in [0, 0.05) is 27.7 Å². The van der Waals surface area contributed by atoms with E-state index in [1.165, 1.54) is 23.5 Å². The van der Waals surface area contributed by atoms with Crippen molar-refractivity contribution in [2.45, 2.75) is 13.8 Å². The third-order valence-electron chi connectivity index (χ3n) is 4.91. The number of anilines is 1. The number of nitrogens with zero attached hydrogens (tertiary/aromatic N) is 2. The fraction of sp³-hybridized carbons (Fsp3) is 0.0833. The van der Waals surface area contributed by atoms with Crippen molar-refractivity contribution in [3.63, 3.8) is 0 Å². The van der Waals surface area contributed by atoms with Crippen LogP contribution >= 0.6 is 27.3 Å². The Balaban J connectivity index is 1.77. The van der Waals surface area contributed by atoms with Crippen molar-refractivity contribution >= 4 is 44.0 Å². The molecule has 8 heteroatoms. The summed E-state index contributed by atoms with van der Waals surface area (Å²) < 4.78 is 0.812. The number of non-ortho nitro benzene ring substituents is 1. The van der Waals surface area contributed by atoms with E-state index >= 15 is 0 Å². The number of nitro groups is 1. The minimum absolute atomic E-state index is 0.0227. The van der Waals surface area contributed by atoms with Gasteiger partial charge in [0.2, 0.25) is 0 Å². The standard InChI is InChI=1S/C24H18BrN3O3S/c1-14-6-11-20(15(2)12-14)21-22(16-7-9-19(10-8-16)28(30)31)32-24(26-21)27-23(29)17-4-3-5-18(25)13-17/h3-13H,1-2H3,(H,26,27,29). The van der Waals surface area contributed by atoms with E-state index < -0.39 is 4.92 Å². The number of rotatable bonds is 5. The smallest absolute Gasteiger partial charge is 0.269 e. The Hall–Kier alpha value is -3.36. The number of carbonyl (C=O) groups excluding carboxylic acids is 1. The number of nitrogens with one attached hydrogen (secondary N) is 1. The van der Waals surface area contributed by atoms with Crippen molar-refractivity contribution in [2.75, 3.05) is 5.32 Å². The molecule has 0 saturated carbocycles. The molecule has 0 atom stereocenters. The van der Waals surface area contributed by atoms with Gasteiger partial charge in [0.25, 0.3) is 11.6 Å². The molecule has 0 spiro atoms. The van der Waals surface area contributed by atoms with Crippen LogP contribution in [0, 0.1) is 24.0 Å².